The fourth-order valence-electron chi connectivity index (χ4n) is 4.87. The van der Waals surface area contributed by atoms with E-state index in [2.05, 4.69) is 31.9 Å². The molecule has 32 heavy (non-hydrogen) atoms. The maximum absolute atomic E-state index is 13.3. The van der Waals surface area contributed by atoms with Crippen LogP contribution in [0.3, 0.4) is 0 Å². The van der Waals surface area contributed by atoms with Crippen molar-refractivity contribution >= 4 is 38.5 Å². The Hall–Kier alpha value is -2.80. The molecule has 0 unspecified atom stereocenters. The number of aryl methyl sites for hydroxylation is 2. The Labute approximate surface area is 192 Å². The molecule has 0 saturated carbocycles. The number of fused-ring (bicyclic) bond motifs is 2. The molecule has 0 aliphatic carbocycles. The molecule has 0 bridgehead atoms. The van der Waals surface area contributed by atoms with Gasteiger partial charge < -0.3 is 4.90 Å². The number of likely N-dealkylation sites (tertiary alicyclic amines) is 1. The number of amides is 1. The Morgan fingerprint density at radius 3 is 2.81 bits per heavy atom. The van der Waals surface area contributed by atoms with E-state index in [1.54, 1.807) is 11.3 Å². The Kier molecular flexibility index (Phi) is 5.45. The summed E-state index contributed by atoms with van der Waals surface area (Å²) in [5.41, 5.74) is 5.32. The van der Waals surface area contributed by atoms with Crippen LogP contribution in [0.1, 0.15) is 67.0 Å². The largest absolute Gasteiger partial charge is 0.333 e. The van der Waals surface area contributed by atoms with E-state index in [0.717, 1.165) is 46.6 Å². The molecule has 7 heteroatoms. The maximum Gasteiger partial charge on any atom is 0.223 e. The Morgan fingerprint density at radius 1 is 1.22 bits per heavy atom. The molecule has 1 fully saturated rings. The van der Waals surface area contributed by atoms with Gasteiger partial charge in [0.15, 0.2) is 5.65 Å². The second-order valence-electron chi connectivity index (χ2n) is 8.99. The molecule has 1 aliphatic rings. The highest BCUT2D eigenvalue weighted by atomic mass is 32.1. The van der Waals surface area contributed by atoms with E-state index in [0.29, 0.717) is 12.8 Å². The minimum Gasteiger partial charge on any atom is -0.333 e. The summed E-state index contributed by atoms with van der Waals surface area (Å²) in [6.45, 7) is 9.22. The van der Waals surface area contributed by atoms with Gasteiger partial charge in [0.1, 0.15) is 5.01 Å². The Morgan fingerprint density at radius 2 is 2.03 bits per heavy atom. The van der Waals surface area contributed by atoms with Crippen LogP contribution in [0.2, 0.25) is 0 Å². The molecule has 5 rings (SSSR count). The van der Waals surface area contributed by atoms with Crippen molar-refractivity contribution in [2.45, 2.75) is 65.5 Å². The standard InChI is InChI=1S/C25H29N5OS/c1-15(2)30-24-19(14-26-30)16(3)18(17(4)27-24)11-12-23(31)29-13-7-9-21(29)25-28-20-8-5-6-10-22(20)32-25/h5-6,8,10,14-15,21H,7,9,11-13H2,1-4H3/t21-/m0/s1. The van der Waals surface area contributed by atoms with E-state index in [4.69, 9.17) is 9.97 Å². The molecule has 1 aliphatic heterocycles. The third-order valence-electron chi connectivity index (χ3n) is 6.58. The number of carbonyl (C=O) groups is 1. The lowest BCUT2D eigenvalue weighted by molar-refractivity contribution is -0.132. The van der Waals surface area contributed by atoms with Crippen molar-refractivity contribution < 1.29 is 4.79 Å². The Balaban J connectivity index is 1.35. The zero-order chi connectivity index (χ0) is 22.4. The van der Waals surface area contributed by atoms with Gasteiger partial charge in [-0.15, -0.1) is 11.3 Å². The minimum atomic E-state index is 0.104. The number of para-hydroxylation sites is 1. The topological polar surface area (TPSA) is 63.9 Å². The third kappa shape index (κ3) is 3.58. The van der Waals surface area contributed by atoms with Crippen LogP contribution >= 0.6 is 11.3 Å². The number of carbonyl (C=O) groups excluding carboxylic acids is 1. The first-order valence-corrected chi connectivity index (χ1v) is 12.2. The number of hydrogen-bond acceptors (Lipinski definition) is 5. The lowest BCUT2D eigenvalue weighted by atomic mass is 10.00. The molecule has 4 heterocycles. The molecular weight excluding hydrogens is 418 g/mol. The van der Waals surface area contributed by atoms with Crippen LogP contribution in [-0.4, -0.2) is 37.1 Å². The number of rotatable bonds is 5. The average Bonchev–Trinajstić information content (AvgIpc) is 3.50. The monoisotopic (exact) mass is 447 g/mol. The van der Waals surface area contributed by atoms with E-state index < -0.39 is 0 Å². The first-order valence-electron chi connectivity index (χ1n) is 11.4. The van der Waals surface area contributed by atoms with Crippen molar-refractivity contribution in [3.05, 3.63) is 52.3 Å². The SMILES string of the molecule is Cc1nc2c(cnn2C(C)C)c(C)c1CCC(=O)N1CCC[C@H]1c1nc2ccccc2s1. The highest BCUT2D eigenvalue weighted by Crippen LogP contribution is 2.37. The van der Waals surface area contributed by atoms with Gasteiger partial charge in [0.2, 0.25) is 5.91 Å². The fourth-order valence-corrected chi connectivity index (χ4v) is 5.98. The molecule has 1 aromatic carbocycles. The quantitative estimate of drug-likeness (QED) is 0.403. The molecule has 4 aromatic rings. The van der Waals surface area contributed by atoms with Crippen molar-refractivity contribution in [3.63, 3.8) is 0 Å². The number of hydrogen-bond donors (Lipinski definition) is 0. The highest BCUT2D eigenvalue weighted by molar-refractivity contribution is 7.18. The van der Waals surface area contributed by atoms with Crippen LogP contribution in [-0.2, 0) is 11.2 Å². The third-order valence-corrected chi connectivity index (χ3v) is 7.72. The summed E-state index contributed by atoms with van der Waals surface area (Å²) < 4.78 is 3.16. The number of thiazole rings is 1. The van der Waals surface area contributed by atoms with E-state index in [1.807, 2.05) is 40.9 Å². The zero-order valence-corrected chi connectivity index (χ0v) is 19.9. The lowest BCUT2D eigenvalue weighted by Crippen LogP contribution is -2.30. The van der Waals surface area contributed by atoms with Crippen LogP contribution in [0.5, 0.6) is 0 Å². The van der Waals surface area contributed by atoms with Gasteiger partial charge in [-0.25, -0.2) is 14.6 Å². The van der Waals surface area contributed by atoms with Crippen molar-refractivity contribution in [2.75, 3.05) is 6.54 Å². The van der Waals surface area contributed by atoms with Crippen molar-refractivity contribution in [3.8, 4) is 0 Å². The van der Waals surface area contributed by atoms with Crippen molar-refractivity contribution in [1.82, 2.24) is 24.6 Å². The van der Waals surface area contributed by atoms with Crippen LogP contribution in [0.4, 0.5) is 0 Å². The summed E-state index contributed by atoms with van der Waals surface area (Å²) in [4.78, 5) is 25.0. The molecule has 3 aromatic heterocycles. The van der Waals surface area contributed by atoms with Gasteiger partial charge in [0, 0.05) is 30.1 Å². The minimum absolute atomic E-state index is 0.104. The van der Waals surface area contributed by atoms with Gasteiger partial charge in [0.05, 0.1) is 22.5 Å². The number of nitrogens with zero attached hydrogens (tertiary/aromatic N) is 5. The maximum atomic E-state index is 13.3. The molecule has 1 saturated heterocycles. The van der Waals surface area contributed by atoms with Gasteiger partial charge in [-0.05, 0) is 70.2 Å². The van der Waals surface area contributed by atoms with E-state index in [-0.39, 0.29) is 18.0 Å². The fraction of sp³-hybridized carbons (Fsp3) is 0.440. The molecular formula is C25H29N5OS. The molecule has 1 atom stereocenters. The summed E-state index contributed by atoms with van der Waals surface area (Å²) in [5.74, 6) is 0.212. The van der Waals surface area contributed by atoms with Crippen LogP contribution in [0, 0.1) is 13.8 Å². The number of pyridine rings is 1. The smallest absolute Gasteiger partial charge is 0.223 e. The van der Waals surface area contributed by atoms with Crippen molar-refractivity contribution in [1.29, 1.82) is 0 Å². The first-order chi connectivity index (χ1) is 15.4. The summed E-state index contributed by atoms with van der Waals surface area (Å²) in [6, 6.07) is 8.58. The van der Waals surface area contributed by atoms with Gasteiger partial charge in [-0.2, -0.15) is 5.10 Å². The van der Waals surface area contributed by atoms with Crippen LogP contribution in [0.15, 0.2) is 30.5 Å². The van der Waals surface area contributed by atoms with Gasteiger partial charge >= 0.3 is 0 Å². The summed E-state index contributed by atoms with van der Waals surface area (Å²) >= 11 is 1.72. The molecule has 1 amide bonds. The second kappa shape index (κ2) is 8.28. The molecule has 166 valence electrons. The predicted molar refractivity (Wildman–Crippen MR) is 129 cm³/mol. The van der Waals surface area contributed by atoms with Crippen LogP contribution < -0.4 is 0 Å². The highest BCUT2D eigenvalue weighted by Gasteiger charge is 2.32. The van der Waals surface area contributed by atoms with E-state index in [9.17, 15) is 4.79 Å². The van der Waals surface area contributed by atoms with E-state index in [1.165, 1.54) is 15.8 Å². The van der Waals surface area contributed by atoms with Gasteiger partial charge in [0.25, 0.3) is 0 Å². The van der Waals surface area contributed by atoms with E-state index >= 15 is 0 Å². The summed E-state index contributed by atoms with van der Waals surface area (Å²) in [5, 5.41) is 6.68. The lowest BCUT2D eigenvalue weighted by Gasteiger charge is -2.23. The van der Waals surface area contributed by atoms with Gasteiger partial charge in [-0.1, -0.05) is 12.1 Å². The zero-order valence-electron chi connectivity index (χ0n) is 19.1. The predicted octanol–water partition coefficient (Wildman–Crippen LogP) is 5.54. The second-order valence-corrected chi connectivity index (χ2v) is 10.0. The van der Waals surface area contributed by atoms with Crippen LogP contribution in [0.25, 0.3) is 21.3 Å². The normalized spacial score (nSPS) is 16.7. The van der Waals surface area contributed by atoms with Crippen molar-refractivity contribution in [2.24, 2.45) is 0 Å². The first kappa shape index (κ1) is 21.1. The summed E-state index contributed by atoms with van der Waals surface area (Å²) in [7, 11) is 0. The van der Waals surface area contributed by atoms with Gasteiger partial charge in [-0.3, -0.25) is 4.79 Å². The molecule has 6 nitrogen and oxygen atoms in total. The number of benzene rings is 1. The summed E-state index contributed by atoms with van der Waals surface area (Å²) in [6.07, 6.45) is 5.13. The number of aromatic nitrogens is 4. The molecule has 0 radical (unpaired) electrons. The average molecular weight is 448 g/mol. The molecule has 0 spiro atoms. The molecule has 0 N–H and O–H groups in total. The Bertz CT molecular complexity index is 1270.